The van der Waals surface area contributed by atoms with Gasteiger partial charge in [0, 0.05) is 50.5 Å². The number of hydrogen-bond donors (Lipinski definition) is 1. The first-order valence-electron chi connectivity index (χ1n) is 8.69. The molecule has 6 heteroatoms. The van der Waals surface area contributed by atoms with Crippen LogP contribution in [-0.2, 0) is 24.4 Å². The lowest BCUT2D eigenvalue weighted by atomic mass is 10.1. The SMILES string of the molecule is COC(=O)c1coc2c1CN(Cc1ccc(N3CCNCC3)cc1)C2. The van der Waals surface area contributed by atoms with Crippen molar-refractivity contribution in [2.45, 2.75) is 19.6 Å². The Bertz CT molecular complexity index is 748. The molecule has 1 saturated heterocycles. The van der Waals surface area contributed by atoms with E-state index in [-0.39, 0.29) is 5.97 Å². The number of rotatable bonds is 4. The molecule has 3 heterocycles. The zero-order chi connectivity index (χ0) is 17.2. The Labute approximate surface area is 147 Å². The molecule has 0 amide bonds. The molecule has 0 spiro atoms. The molecule has 4 rings (SSSR count). The summed E-state index contributed by atoms with van der Waals surface area (Å²) in [5.74, 6) is 0.546. The number of nitrogens with zero attached hydrogens (tertiary/aromatic N) is 2. The first-order chi connectivity index (χ1) is 12.2. The second kappa shape index (κ2) is 6.90. The third-order valence-corrected chi connectivity index (χ3v) is 4.96. The van der Waals surface area contributed by atoms with Crippen LogP contribution in [0.3, 0.4) is 0 Å². The quantitative estimate of drug-likeness (QED) is 0.859. The van der Waals surface area contributed by atoms with Crippen molar-refractivity contribution in [2.24, 2.45) is 0 Å². The van der Waals surface area contributed by atoms with Gasteiger partial charge < -0.3 is 19.4 Å². The van der Waals surface area contributed by atoms with E-state index in [9.17, 15) is 4.79 Å². The summed E-state index contributed by atoms with van der Waals surface area (Å²) in [5.41, 5.74) is 4.06. The van der Waals surface area contributed by atoms with Crippen molar-refractivity contribution in [1.82, 2.24) is 10.2 Å². The number of piperazine rings is 1. The smallest absolute Gasteiger partial charge is 0.341 e. The molecule has 132 valence electrons. The molecular formula is C19H23N3O3. The maximum Gasteiger partial charge on any atom is 0.341 e. The van der Waals surface area contributed by atoms with Crippen LogP contribution in [0.15, 0.2) is 34.9 Å². The van der Waals surface area contributed by atoms with Crippen molar-refractivity contribution in [1.29, 1.82) is 0 Å². The number of furan rings is 1. The molecule has 0 aliphatic carbocycles. The Morgan fingerprint density at radius 2 is 1.96 bits per heavy atom. The standard InChI is InChI=1S/C19H23N3O3/c1-24-19(23)17-13-25-18-12-21(11-16(17)18)10-14-2-4-15(5-3-14)22-8-6-20-7-9-22/h2-5,13,20H,6-12H2,1H3. The van der Waals surface area contributed by atoms with E-state index < -0.39 is 0 Å². The highest BCUT2D eigenvalue weighted by Gasteiger charge is 2.28. The van der Waals surface area contributed by atoms with Gasteiger partial charge in [0.2, 0.25) is 0 Å². The molecule has 0 unspecified atom stereocenters. The number of fused-ring (bicyclic) bond motifs is 1. The van der Waals surface area contributed by atoms with Crippen LogP contribution in [0.5, 0.6) is 0 Å². The highest BCUT2D eigenvalue weighted by atomic mass is 16.5. The fourth-order valence-electron chi connectivity index (χ4n) is 3.60. The van der Waals surface area contributed by atoms with E-state index in [1.54, 1.807) is 0 Å². The van der Waals surface area contributed by atoms with E-state index in [4.69, 9.17) is 9.15 Å². The highest BCUT2D eigenvalue weighted by molar-refractivity contribution is 5.91. The number of anilines is 1. The molecule has 2 aliphatic heterocycles. The van der Waals surface area contributed by atoms with Crippen LogP contribution in [0.4, 0.5) is 5.69 Å². The van der Waals surface area contributed by atoms with Crippen LogP contribution >= 0.6 is 0 Å². The zero-order valence-corrected chi connectivity index (χ0v) is 14.5. The van der Waals surface area contributed by atoms with Gasteiger partial charge in [0.25, 0.3) is 0 Å². The topological polar surface area (TPSA) is 58.0 Å². The summed E-state index contributed by atoms with van der Waals surface area (Å²) in [6.07, 6.45) is 1.51. The summed E-state index contributed by atoms with van der Waals surface area (Å²) >= 11 is 0. The van der Waals surface area contributed by atoms with Gasteiger partial charge in [-0.1, -0.05) is 12.1 Å². The minimum Gasteiger partial charge on any atom is -0.467 e. The van der Waals surface area contributed by atoms with Gasteiger partial charge in [-0.2, -0.15) is 0 Å². The Morgan fingerprint density at radius 1 is 1.20 bits per heavy atom. The van der Waals surface area contributed by atoms with E-state index >= 15 is 0 Å². The minimum absolute atomic E-state index is 0.327. The molecular weight excluding hydrogens is 318 g/mol. The van der Waals surface area contributed by atoms with Gasteiger partial charge in [-0.3, -0.25) is 4.90 Å². The van der Waals surface area contributed by atoms with Crippen molar-refractivity contribution in [3.8, 4) is 0 Å². The third kappa shape index (κ3) is 3.27. The van der Waals surface area contributed by atoms with Gasteiger partial charge in [0.15, 0.2) is 0 Å². The fraction of sp³-hybridized carbons (Fsp3) is 0.421. The van der Waals surface area contributed by atoms with Crippen LogP contribution in [0.25, 0.3) is 0 Å². The lowest BCUT2D eigenvalue weighted by Gasteiger charge is -2.29. The highest BCUT2D eigenvalue weighted by Crippen LogP contribution is 2.29. The van der Waals surface area contributed by atoms with E-state index in [0.717, 1.165) is 57.1 Å². The molecule has 25 heavy (non-hydrogen) atoms. The van der Waals surface area contributed by atoms with E-state index in [2.05, 4.69) is 39.4 Å². The van der Waals surface area contributed by atoms with Gasteiger partial charge in [-0.25, -0.2) is 4.79 Å². The predicted molar refractivity (Wildman–Crippen MR) is 94.5 cm³/mol. The predicted octanol–water partition coefficient (Wildman–Crippen LogP) is 1.99. The summed E-state index contributed by atoms with van der Waals surface area (Å²) in [6, 6.07) is 8.79. The second-order valence-corrected chi connectivity index (χ2v) is 6.59. The Balaban J connectivity index is 1.40. The van der Waals surface area contributed by atoms with Crippen LogP contribution in [-0.4, -0.2) is 44.2 Å². The Hall–Kier alpha value is -2.31. The molecule has 0 saturated carbocycles. The van der Waals surface area contributed by atoms with E-state index in [0.29, 0.717) is 5.56 Å². The molecule has 1 aromatic heterocycles. The van der Waals surface area contributed by atoms with Crippen LogP contribution in [0.1, 0.15) is 27.2 Å². The lowest BCUT2D eigenvalue weighted by molar-refractivity contribution is 0.0598. The first-order valence-corrected chi connectivity index (χ1v) is 8.69. The van der Waals surface area contributed by atoms with Crippen molar-refractivity contribution in [3.05, 3.63) is 53.0 Å². The van der Waals surface area contributed by atoms with Gasteiger partial charge in [-0.15, -0.1) is 0 Å². The number of ether oxygens (including phenoxy) is 1. The number of carbonyl (C=O) groups is 1. The molecule has 1 N–H and O–H groups in total. The first kappa shape index (κ1) is 16.2. The number of nitrogens with one attached hydrogen (secondary N) is 1. The largest absolute Gasteiger partial charge is 0.467 e. The number of esters is 1. The molecule has 1 fully saturated rings. The molecule has 6 nitrogen and oxygen atoms in total. The number of benzene rings is 1. The van der Waals surface area contributed by atoms with Gasteiger partial charge in [0.1, 0.15) is 17.6 Å². The summed E-state index contributed by atoms with van der Waals surface area (Å²) in [6.45, 7) is 6.49. The fourth-order valence-corrected chi connectivity index (χ4v) is 3.60. The third-order valence-electron chi connectivity index (χ3n) is 4.96. The van der Waals surface area contributed by atoms with Gasteiger partial charge in [-0.05, 0) is 17.7 Å². The van der Waals surface area contributed by atoms with Crippen molar-refractivity contribution >= 4 is 11.7 Å². The van der Waals surface area contributed by atoms with Crippen molar-refractivity contribution in [2.75, 3.05) is 38.2 Å². The van der Waals surface area contributed by atoms with E-state index in [1.807, 2.05) is 0 Å². The molecule has 2 aliphatic rings. The summed E-state index contributed by atoms with van der Waals surface area (Å²) in [5, 5.41) is 3.38. The van der Waals surface area contributed by atoms with E-state index in [1.165, 1.54) is 24.6 Å². The molecule has 0 bridgehead atoms. The van der Waals surface area contributed by atoms with Crippen LogP contribution in [0.2, 0.25) is 0 Å². The number of hydrogen-bond acceptors (Lipinski definition) is 6. The van der Waals surface area contributed by atoms with Crippen molar-refractivity contribution in [3.63, 3.8) is 0 Å². The van der Waals surface area contributed by atoms with Crippen LogP contribution in [0, 0.1) is 0 Å². The normalized spacial score (nSPS) is 17.6. The molecule has 0 atom stereocenters. The Morgan fingerprint density at radius 3 is 2.68 bits per heavy atom. The Kier molecular flexibility index (Phi) is 4.46. The molecule has 1 aromatic carbocycles. The average Bonchev–Trinajstić information content (AvgIpc) is 3.22. The minimum atomic E-state index is -0.327. The van der Waals surface area contributed by atoms with Gasteiger partial charge >= 0.3 is 5.97 Å². The van der Waals surface area contributed by atoms with Gasteiger partial charge in [0.05, 0.1) is 13.7 Å². The average molecular weight is 341 g/mol. The summed E-state index contributed by atoms with van der Waals surface area (Å²) < 4.78 is 10.4. The number of carbonyl (C=O) groups excluding carboxylic acids is 1. The maximum atomic E-state index is 11.8. The maximum absolute atomic E-state index is 11.8. The summed E-state index contributed by atoms with van der Waals surface area (Å²) in [4.78, 5) is 16.5. The van der Waals surface area contributed by atoms with Crippen LogP contribution < -0.4 is 10.2 Å². The number of methoxy groups -OCH3 is 1. The zero-order valence-electron chi connectivity index (χ0n) is 14.5. The summed E-state index contributed by atoms with van der Waals surface area (Å²) in [7, 11) is 1.40. The second-order valence-electron chi connectivity index (χ2n) is 6.59. The van der Waals surface area contributed by atoms with Crippen molar-refractivity contribution < 1.29 is 13.9 Å². The molecule has 2 aromatic rings. The molecule has 0 radical (unpaired) electrons. The monoisotopic (exact) mass is 341 g/mol. The lowest BCUT2D eigenvalue weighted by Crippen LogP contribution is -2.43.